The van der Waals surface area contributed by atoms with Crippen molar-refractivity contribution in [1.29, 1.82) is 0 Å². The second-order valence-electron chi connectivity index (χ2n) is 7.94. The molecular weight excluding hydrogens is 282 g/mol. The summed E-state index contributed by atoms with van der Waals surface area (Å²) in [6, 6.07) is 14.8. The summed E-state index contributed by atoms with van der Waals surface area (Å²) in [6.07, 6.45) is 3.70. The Morgan fingerprint density at radius 3 is 2.61 bits per heavy atom. The highest BCUT2D eigenvalue weighted by Crippen LogP contribution is 2.64. The topological polar surface area (TPSA) is 21.6 Å². The number of rotatable bonds is 3. The minimum absolute atomic E-state index is 0.219. The van der Waals surface area contributed by atoms with Crippen LogP contribution >= 0.6 is 0 Å². The molecule has 2 atom stereocenters. The van der Waals surface area contributed by atoms with Crippen LogP contribution in [0.5, 0.6) is 0 Å². The molecule has 0 aliphatic heterocycles. The Morgan fingerprint density at radius 1 is 1.09 bits per heavy atom. The van der Waals surface area contributed by atoms with Gasteiger partial charge in [-0.25, -0.2) is 0 Å². The molecule has 0 saturated heterocycles. The van der Waals surface area contributed by atoms with Crippen molar-refractivity contribution in [3.05, 3.63) is 48.0 Å². The summed E-state index contributed by atoms with van der Waals surface area (Å²) in [5.74, 6) is 0.771. The number of nitrogens with zero attached hydrogens (tertiary/aromatic N) is 1. The van der Waals surface area contributed by atoms with E-state index in [1.54, 1.807) is 0 Å². The molecule has 0 N–H and O–H groups in total. The Balaban J connectivity index is 1.54. The predicted octanol–water partition coefficient (Wildman–Crippen LogP) is 5.56. The lowest BCUT2D eigenvalue weighted by Gasteiger charge is -2.34. The van der Waals surface area contributed by atoms with Crippen molar-refractivity contribution in [3.8, 4) is 0 Å². The first-order valence-corrected chi connectivity index (χ1v) is 8.68. The molecule has 0 heterocycles. The van der Waals surface area contributed by atoms with Gasteiger partial charge in [0, 0.05) is 5.41 Å². The van der Waals surface area contributed by atoms with Crippen LogP contribution < -0.4 is 0 Å². The Bertz CT molecular complexity index is 771. The molecule has 2 aliphatic rings. The SMILES string of the molecule is CC1(C)[C@H]2CC[C@@]1(C)/C(=N/OCc1cccc3ccccc13)C2. The van der Waals surface area contributed by atoms with Gasteiger partial charge in [0.25, 0.3) is 0 Å². The molecule has 2 heteroatoms. The molecule has 4 rings (SSSR count). The van der Waals surface area contributed by atoms with E-state index in [1.807, 2.05) is 0 Å². The van der Waals surface area contributed by atoms with Crippen LogP contribution in [0.1, 0.15) is 45.6 Å². The highest BCUT2D eigenvalue weighted by Gasteiger charge is 2.60. The summed E-state index contributed by atoms with van der Waals surface area (Å²) >= 11 is 0. The fourth-order valence-corrected chi connectivity index (χ4v) is 4.66. The number of oxime groups is 1. The fourth-order valence-electron chi connectivity index (χ4n) is 4.66. The zero-order chi connectivity index (χ0) is 16.1. The van der Waals surface area contributed by atoms with Crippen LogP contribution in [0, 0.1) is 16.7 Å². The number of hydrogen-bond acceptors (Lipinski definition) is 2. The van der Waals surface area contributed by atoms with E-state index in [0.29, 0.717) is 12.0 Å². The first-order chi connectivity index (χ1) is 11.0. The summed E-state index contributed by atoms with van der Waals surface area (Å²) in [5.41, 5.74) is 3.06. The fraction of sp³-hybridized carbons (Fsp3) is 0.476. The van der Waals surface area contributed by atoms with Gasteiger partial charge in [-0.2, -0.15) is 0 Å². The molecule has 0 aromatic heterocycles. The highest BCUT2D eigenvalue weighted by atomic mass is 16.6. The van der Waals surface area contributed by atoms with Gasteiger partial charge in [-0.15, -0.1) is 0 Å². The van der Waals surface area contributed by atoms with E-state index in [9.17, 15) is 0 Å². The smallest absolute Gasteiger partial charge is 0.142 e. The maximum atomic E-state index is 5.81. The molecule has 2 nitrogen and oxygen atoms in total. The van der Waals surface area contributed by atoms with Crippen LogP contribution in [0.2, 0.25) is 0 Å². The Labute approximate surface area is 138 Å². The maximum absolute atomic E-state index is 5.81. The minimum atomic E-state index is 0.219. The van der Waals surface area contributed by atoms with Gasteiger partial charge in [-0.3, -0.25) is 0 Å². The zero-order valence-electron chi connectivity index (χ0n) is 14.3. The van der Waals surface area contributed by atoms with Gasteiger partial charge in [-0.05, 0) is 46.9 Å². The third-order valence-electron chi connectivity index (χ3n) is 6.79. The van der Waals surface area contributed by atoms with Crippen molar-refractivity contribution >= 4 is 16.5 Å². The molecule has 2 aliphatic carbocycles. The van der Waals surface area contributed by atoms with Gasteiger partial charge in [0.15, 0.2) is 0 Å². The van der Waals surface area contributed by atoms with E-state index in [4.69, 9.17) is 4.84 Å². The summed E-state index contributed by atoms with van der Waals surface area (Å²) in [4.78, 5) is 5.81. The second kappa shape index (κ2) is 5.09. The second-order valence-corrected chi connectivity index (χ2v) is 7.94. The number of fused-ring (bicyclic) bond motifs is 3. The van der Waals surface area contributed by atoms with E-state index < -0.39 is 0 Å². The molecule has 2 fully saturated rings. The van der Waals surface area contributed by atoms with E-state index in [2.05, 4.69) is 68.4 Å². The summed E-state index contributed by atoms with van der Waals surface area (Å²) in [5, 5.41) is 7.11. The maximum Gasteiger partial charge on any atom is 0.142 e. The first-order valence-electron chi connectivity index (χ1n) is 8.68. The standard InChI is InChI=1S/C21H25NO/c1-20(2)17-11-12-21(20,3)19(13-17)22-23-14-16-9-6-8-15-7-4-5-10-18(15)16/h4-10,17H,11-14H2,1-3H3/b22-19+/t17-,21-/m0/s1. The third kappa shape index (κ3) is 2.11. The average molecular weight is 307 g/mol. The molecule has 2 aromatic carbocycles. The van der Waals surface area contributed by atoms with E-state index in [1.165, 1.54) is 34.9 Å². The Morgan fingerprint density at radius 2 is 1.87 bits per heavy atom. The minimum Gasteiger partial charge on any atom is -0.391 e. The predicted molar refractivity (Wildman–Crippen MR) is 95.4 cm³/mol. The molecule has 0 amide bonds. The average Bonchev–Trinajstić information content (AvgIpc) is 2.88. The van der Waals surface area contributed by atoms with Crippen LogP contribution in [0.3, 0.4) is 0 Å². The molecule has 23 heavy (non-hydrogen) atoms. The summed E-state index contributed by atoms with van der Waals surface area (Å²) < 4.78 is 0. The van der Waals surface area contributed by atoms with Gasteiger partial charge in [0.1, 0.15) is 6.61 Å². The molecule has 0 radical (unpaired) electrons. The van der Waals surface area contributed by atoms with Crippen molar-refractivity contribution in [2.24, 2.45) is 21.9 Å². The normalized spacial score (nSPS) is 30.2. The third-order valence-corrected chi connectivity index (χ3v) is 6.79. The Kier molecular flexibility index (Phi) is 3.26. The lowest BCUT2D eigenvalue weighted by atomic mass is 9.70. The van der Waals surface area contributed by atoms with Crippen molar-refractivity contribution < 1.29 is 4.84 Å². The van der Waals surface area contributed by atoms with Crippen molar-refractivity contribution in [2.75, 3.05) is 0 Å². The zero-order valence-corrected chi connectivity index (χ0v) is 14.3. The van der Waals surface area contributed by atoms with Gasteiger partial charge >= 0.3 is 0 Å². The lowest BCUT2D eigenvalue weighted by Crippen LogP contribution is -2.32. The van der Waals surface area contributed by atoms with Crippen molar-refractivity contribution in [1.82, 2.24) is 0 Å². The molecule has 2 bridgehead atoms. The van der Waals surface area contributed by atoms with Gasteiger partial charge in [-0.1, -0.05) is 68.4 Å². The summed E-state index contributed by atoms with van der Waals surface area (Å²) in [7, 11) is 0. The van der Waals surface area contributed by atoms with Crippen LogP contribution in [0.25, 0.3) is 10.8 Å². The van der Waals surface area contributed by atoms with E-state index >= 15 is 0 Å². The molecule has 2 saturated carbocycles. The molecule has 0 spiro atoms. The lowest BCUT2D eigenvalue weighted by molar-refractivity contribution is 0.124. The molecule has 120 valence electrons. The van der Waals surface area contributed by atoms with Gasteiger partial charge in [0.2, 0.25) is 0 Å². The molecular formula is C21H25NO. The number of benzene rings is 2. The molecule has 0 unspecified atom stereocenters. The van der Waals surface area contributed by atoms with Gasteiger partial charge < -0.3 is 4.84 Å². The van der Waals surface area contributed by atoms with Crippen LogP contribution in [0.15, 0.2) is 47.6 Å². The van der Waals surface area contributed by atoms with Crippen molar-refractivity contribution in [3.63, 3.8) is 0 Å². The van der Waals surface area contributed by atoms with Crippen LogP contribution in [-0.4, -0.2) is 5.71 Å². The van der Waals surface area contributed by atoms with E-state index in [-0.39, 0.29) is 5.41 Å². The van der Waals surface area contributed by atoms with Gasteiger partial charge in [0.05, 0.1) is 5.71 Å². The summed E-state index contributed by atoms with van der Waals surface area (Å²) in [6.45, 7) is 7.72. The van der Waals surface area contributed by atoms with Crippen LogP contribution in [-0.2, 0) is 11.4 Å². The first kappa shape index (κ1) is 14.7. The number of hydrogen-bond donors (Lipinski definition) is 0. The van der Waals surface area contributed by atoms with E-state index in [0.717, 1.165) is 12.3 Å². The monoisotopic (exact) mass is 307 g/mol. The Hall–Kier alpha value is -1.83. The molecule has 2 aromatic rings. The van der Waals surface area contributed by atoms with Crippen molar-refractivity contribution in [2.45, 2.75) is 46.6 Å². The quantitative estimate of drug-likeness (QED) is 0.680. The largest absolute Gasteiger partial charge is 0.391 e. The van der Waals surface area contributed by atoms with Crippen LogP contribution in [0.4, 0.5) is 0 Å². The highest BCUT2D eigenvalue weighted by molar-refractivity contribution is 5.94.